The number of benzene rings is 2. The van der Waals surface area contributed by atoms with E-state index in [0.717, 1.165) is 23.2 Å². The number of hydrogen-bond acceptors (Lipinski definition) is 2. The maximum Gasteiger partial charge on any atom is 0.221 e. The van der Waals surface area contributed by atoms with Crippen LogP contribution in [0.3, 0.4) is 0 Å². The number of carbonyl (C=O) groups is 1. The average Bonchev–Trinajstić information content (AvgIpc) is 2.40. The van der Waals surface area contributed by atoms with Gasteiger partial charge in [0.15, 0.2) is 0 Å². The third kappa shape index (κ3) is 4.79. The molecule has 0 aliphatic rings. The van der Waals surface area contributed by atoms with Gasteiger partial charge in [0.05, 0.1) is 0 Å². The highest BCUT2D eigenvalue weighted by Gasteiger charge is 1.97. The van der Waals surface area contributed by atoms with Gasteiger partial charge >= 0.3 is 0 Å². The van der Waals surface area contributed by atoms with Gasteiger partial charge in [0, 0.05) is 30.2 Å². The molecule has 2 aromatic carbocycles. The lowest BCUT2D eigenvalue weighted by molar-refractivity contribution is -0.114. The van der Waals surface area contributed by atoms with Crippen LogP contribution in [-0.2, 0) is 17.9 Å². The molecule has 20 heavy (non-hydrogen) atoms. The molecule has 4 heteroatoms. The van der Waals surface area contributed by atoms with Crippen molar-refractivity contribution in [3.63, 3.8) is 0 Å². The fourth-order valence-corrected chi connectivity index (χ4v) is 2.35. The number of rotatable bonds is 5. The first-order valence-electron chi connectivity index (χ1n) is 6.45. The molecule has 104 valence electrons. The van der Waals surface area contributed by atoms with Crippen LogP contribution in [0, 0.1) is 0 Å². The van der Waals surface area contributed by atoms with Crippen LogP contribution in [-0.4, -0.2) is 5.91 Å². The van der Waals surface area contributed by atoms with Crippen LogP contribution in [0.25, 0.3) is 0 Å². The zero-order chi connectivity index (χ0) is 14.4. The second kappa shape index (κ2) is 7.22. The van der Waals surface area contributed by atoms with E-state index in [9.17, 15) is 4.79 Å². The molecule has 0 saturated heterocycles. The third-order valence-corrected chi connectivity index (χ3v) is 3.31. The minimum Gasteiger partial charge on any atom is -0.326 e. The van der Waals surface area contributed by atoms with Crippen LogP contribution in [0.15, 0.2) is 53.0 Å². The molecule has 2 aromatic rings. The predicted octanol–water partition coefficient (Wildman–Crippen LogP) is 3.70. The highest BCUT2D eigenvalue weighted by atomic mass is 79.9. The van der Waals surface area contributed by atoms with Crippen LogP contribution in [0.1, 0.15) is 18.1 Å². The molecule has 0 aromatic heterocycles. The Balaban J connectivity index is 1.83. The van der Waals surface area contributed by atoms with Crippen molar-refractivity contribution in [3.8, 4) is 0 Å². The molecule has 0 bridgehead atoms. The van der Waals surface area contributed by atoms with Crippen LogP contribution in [0.4, 0.5) is 5.69 Å². The van der Waals surface area contributed by atoms with Gasteiger partial charge in [-0.25, -0.2) is 0 Å². The minimum atomic E-state index is -0.0504. The molecule has 0 fully saturated rings. The topological polar surface area (TPSA) is 41.1 Å². The van der Waals surface area contributed by atoms with E-state index in [1.54, 1.807) is 0 Å². The molecule has 0 atom stereocenters. The van der Waals surface area contributed by atoms with E-state index in [1.807, 2.05) is 36.4 Å². The van der Waals surface area contributed by atoms with Crippen LogP contribution < -0.4 is 10.6 Å². The van der Waals surface area contributed by atoms with Crippen molar-refractivity contribution in [3.05, 3.63) is 64.1 Å². The van der Waals surface area contributed by atoms with E-state index in [0.29, 0.717) is 0 Å². The number of hydrogen-bond donors (Lipinski definition) is 2. The van der Waals surface area contributed by atoms with Gasteiger partial charge < -0.3 is 10.6 Å². The summed E-state index contributed by atoms with van der Waals surface area (Å²) in [5, 5.41) is 6.15. The van der Waals surface area contributed by atoms with Gasteiger partial charge in [-0.1, -0.05) is 40.2 Å². The van der Waals surface area contributed by atoms with Crippen molar-refractivity contribution >= 4 is 27.5 Å². The van der Waals surface area contributed by atoms with E-state index < -0.39 is 0 Å². The van der Waals surface area contributed by atoms with Crippen molar-refractivity contribution in [1.29, 1.82) is 0 Å². The molecular formula is C16H17BrN2O. The molecule has 1 amide bonds. The van der Waals surface area contributed by atoms with Gasteiger partial charge in [-0.15, -0.1) is 0 Å². The van der Waals surface area contributed by atoms with Crippen LogP contribution >= 0.6 is 15.9 Å². The van der Waals surface area contributed by atoms with Crippen molar-refractivity contribution in [1.82, 2.24) is 5.32 Å². The summed E-state index contributed by atoms with van der Waals surface area (Å²) in [6, 6.07) is 16.1. The molecule has 2 N–H and O–H groups in total. The summed E-state index contributed by atoms with van der Waals surface area (Å²) in [7, 11) is 0. The summed E-state index contributed by atoms with van der Waals surface area (Å²) in [6.45, 7) is 3.13. The van der Waals surface area contributed by atoms with Gasteiger partial charge in [0.1, 0.15) is 0 Å². The zero-order valence-corrected chi connectivity index (χ0v) is 12.9. The number of anilines is 1. The normalized spacial score (nSPS) is 10.3. The summed E-state index contributed by atoms with van der Waals surface area (Å²) in [5.74, 6) is -0.0504. The Morgan fingerprint density at radius 2 is 1.75 bits per heavy atom. The lowest BCUT2D eigenvalue weighted by atomic mass is 10.2. The Kier molecular flexibility index (Phi) is 5.32. The molecule has 0 heterocycles. The maximum absolute atomic E-state index is 10.9. The molecule has 0 unspecified atom stereocenters. The summed E-state index contributed by atoms with van der Waals surface area (Å²) < 4.78 is 1.09. The summed E-state index contributed by atoms with van der Waals surface area (Å²) >= 11 is 3.46. The molecule has 0 aliphatic carbocycles. The molecule has 0 spiro atoms. The Hall–Kier alpha value is -1.65. The van der Waals surface area contributed by atoms with Crippen molar-refractivity contribution in [2.45, 2.75) is 20.0 Å². The predicted molar refractivity (Wildman–Crippen MR) is 85.4 cm³/mol. The highest BCUT2D eigenvalue weighted by Crippen LogP contribution is 2.12. The fraction of sp³-hybridized carbons (Fsp3) is 0.188. The Morgan fingerprint density at radius 3 is 2.40 bits per heavy atom. The van der Waals surface area contributed by atoms with Crippen molar-refractivity contribution in [2.75, 3.05) is 5.32 Å². The molecule has 0 radical (unpaired) electrons. The van der Waals surface area contributed by atoms with Gasteiger partial charge in [-0.05, 0) is 35.4 Å². The van der Waals surface area contributed by atoms with E-state index in [4.69, 9.17) is 0 Å². The lowest BCUT2D eigenvalue weighted by Gasteiger charge is -2.07. The van der Waals surface area contributed by atoms with Crippen molar-refractivity contribution < 1.29 is 4.79 Å². The summed E-state index contributed by atoms with van der Waals surface area (Å²) in [5.41, 5.74) is 3.26. The van der Waals surface area contributed by atoms with Gasteiger partial charge in [0.2, 0.25) is 5.91 Å². The van der Waals surface area contributed by atoms with E-state index in [-0.39, 0.29) is 5.91 Å². The van der Waals surface area contributed by atoms with Gasteiger partial charge in [-0.3, -0.25) is 4.79 Å². The van der Waals surface area contributed by atoms with Gasteiger partial charge in [0.25, 0.3) is 0 Å². The van der Waals surface area contributed by atoms with E-state index >= 15 is 0 Å². The Labute approximate surface area is 127 Å². The van der Waals surface area contributed by atoms with Crippen LogP contribution in [0.5, 0.6) is 0 Å². The first kappa shape index (κ1) is 14.8. The molecule has 0 saturated carbocycles. The zero-order valence-electron chi connectivity index (χ0n) is 11.3. The van der Waals surface area contributed by atoms with Crippen LogP contribution in [0.2, 0.25) is 0 Å². The standard InChI is InChI=1S/C16H17BrN2O/c1-12(20)19-16-7-5-13(6-8-16)10-18-11-14-3-2-4-15(17)9-14/h2-9,18H,10-11H2,1H3,(H,19,20). The minimum absolute atomic E-state index is 0.0504. The SMILES string of the molecule is CC(=O)Nc1ccc(CNCc2cccc(Br)c2)cc1. The highest BCUT2D eigenvalue weighted by molar-refractivity contribution is 9.10. The number of carbonyl (C=O) groups excluding carboxylic acids is 1. The maximum atomic E-state index is 10.9. The molecule has 2 rings (SSSR count). The second-order valence-corrected chi connectivity index (χ2v) is 5.53. The lowest BCUT2D eigenvalue weighted by Crippen LogP contribution is -2.12. The first-order chi connectivity index (χ1) is 9.63. The fourth-order valence-electron chi connectivity index (χ4n) is 1.91. The second-order valence-electron chi connectivity index (χ2n) is 4.61. The monoisotopic (exact) mass is 332 g/mol. The van der Waals surface area contributed by atoms with E-state index in [1.165, 1.54) is 18.1 Å². The average molecular weight is 333 g/mol. The quantitative estimate of drug-likeness (QED) is 0.876. The third-order valence-electron chi connectivity index (χ3n) is 2.82. The van der Waals surface area contributed by atoms with Crippen molar-refractivity contribution in [2.24, 2.45) is 0 Å². The smallest absolute Gasteiger partial charge is 0.221 e. The van der Waals surface area contributed by atoms with E-state index in [2.05, 4.69) is 38.7 Å². The van der Waals surface area contributed by atoms with Gasteiger partial charge in [-0.2, -0.15) is 0 Å². The molecule has 0 aliphatic heterocycles. The number of nitrogens with one attached hydrogen (secondary N) is 2. The number of halogens is 1. The summed E-state index contributed by atoms with van der Waals surface area (Å²) in [6.07, 6.45) is 0. The Bertz CT molecular complexity index is 581. The molecule has 3 nitrogen and oxygen atoms in total. The largest absolute Gasteiger partial charge is 0.326 e. The number of amides is 1. The first-order valence-corrected chi connectivity index (χ1v) is 7.24. The summed E-state index contributed by atoms with van der Waals surface area (Å²) in [4.78, 5) is 10.9. The Morgan fingerprint density at radius 1 is 1.05 bits per heavy atom. The molecular weight excluding hydrogens is 316 g/mol.